The van der Waals surface area contributed by atoms with Crippen LogP contribution >= 0.6 is 0 Å². The van der Waals surface area contributed by atoms with Crippen LogP contribution in [-0.4, -0.2) is 38.0 Å². The van der Waals surface area contributed by atoms with Gasteiger partial charge in [0.2, 0.25) is 0 Å². The fraction of sp³-hybridized carbons (Fsp3) is 0.900. The van der Waals surface area contributed by atoms with Crippen LogP contribution in [0.4, 0.5) is 0 Å². The fourth-order valence-corrected chi connectivity index (χ4v) is 1.08. The smallest absolute Gasteiger partial charge is 0.132 e. The van der Waals surface area contributed by atoms with Crippen LogP contribution in [0.25, 0.3) is 0 Å². The average Bonchev–Trinajstić information content (AvgIpc) is 1.84. The molecule has 0 heterocycles. The summed E-state index contributed by atoms with van der Waals surface area (Å²) in [7, 11) is 6.54. The fourth-order valence-electron chi connectivity index (χ4n) is 1.08. The van der Waals surface area contributed by atoms with Crippen molar-refractivity contribution in [3.63, 3.8) is 0 Å². The molecule has 0 aliphatic heterocycles. The Morgan fingerprint density at radius 2 is 1.77 bits per heavy atom. The molecule has 1 unspecified atom stereocenters. The van der Waals surface area contributed by atoms with Crippen molar-refractivity contribution in [3.05, 3.63) is 0 Å². The van der Waals surface area contributed by atoms with Crippen molar-refractivity contribution in [2.75, 3.05) is 27.7 Å². The zero-order valence-electron chi connectivity index (χ0n) is 9.43. The van der Waals surface area contributed by atoms with Crippen molar-refractivity contribution in [3.8, 4) is 0 Å². The zero-order valence-corrected chi connectivity index (χ0v) is 11.6. The molecule has 80 valence electrons. The van der Waals surface area contributed by atoms with Crippen molar-refractivity contribution in [2.45, 2.75) is 26.7 Å². The second-order valence-corrected chi connectivity index (χ2v) is 4.67. The minimum absolute atomic E-state index is 0. The van der Waals surface area contributed by atoms with Crippen molar-refractivity contribution in [1.82, 2.24) is 0 Å². The number of rotatable bonds is 5. The molecule has 0 amide bonds. The van der Waals surface area contributed by atoms with Gasteiger partial charge in [-0.25, -0.2) is 0 Å². The molecule has 0 bridgehead atoms. The van der Waals surface area contributed by atoms with Gasteiger partial charge < -0.3 is 28.5 Å². The molecule has 0 aromatic rings. The van der Waals surface area contributed by atoms with Crippen LogP contribution in [0.15, 0.2) is 0 Å². The Labute approximate surface area is 99.3 Å². The maximum Gasteiger partial charge on any atom is 0.132 e. The Morgan fingerprint density at radius 1 is 1.31 bits per heavy atom. The molecule has 0 radical (unpaired) electrons. The summed E-state index contributed by atoms with van der Waals surface area (Å²) in [5.41, 5.74) is 0. The molecule has 0 aromatic carbocycles. The molecule has 0 saturated heterocycles. The molecule has 0 fully saturated rings. The number of quaternary nitrogens is 1. The summed E-state index contributed by atoms with van der Waals surface area (Å²) in [6.07, 6.45) is 2.18. The number of Topliss-reactive ketones (excluding diaryl/α,β-unsaturated/α-hetero) is 1. The van der Waals surface area contributed by atoms with E-state index in [-0.39, 0.29) is 29.9 Å². The molecular formula is C10H22INO. The number of hydrogen-bond acceptors (Lipinski definition) is 1. The SMILES string of the molecule is CC(=O)C(C)CCC[N+](C)(C)C.[I-]. The summed E-state index contributed by atoms with van der Waals surface area (Å²) in [6, 6.07) is 0. The lowest BCUT2D eigenvalue weighted by molar-refractivity contribution is -0.870. The number of nitrogens with zero attached hydrogens (tertiary/aromatic N) is 1. The summed E-state index contributed by atoms with van der Waals surface area (Å²) in [5, 5.41) is 0. The molecule has 0 spiro atoms. The first-order valence-corrected chi connectivity index (χ1v) is 4.64. The van der Waals surface area contributed by atoms with Gasteiger partial charge >= 0.3 is 0 Å². The predicted molar refractivity (Wildman–Crippen MR) is 52.0 cm³/mol. The minimum Gasteiger partial charge on any atom is -1.00 e. The molecule has 2 nitrogen and oxygen atoms in total. The maximum atomic E-state index is 10.9. The van der Waals surface area contributed by atoms with Gasteiger partial charge in [-0.15, -0.1) is 0 Å². The molecule has 0 saturated carbocycles. The lowest BCUT2D eigenvalue weighted by Crippen LogP contribution is -3.00. The highest BCUT2D eigenvalue weighted by atomic mass is 127. The van der Waals surface area contributed by atoms with Crippen molar-refractivity contribution < 1.29 is 33.3 Å². The largest absolute Gasteiger partial charge is 1.00 e. The van der Waals surface area contributed by atoms with E-state index in [2.05, 4.69) is 21.1 Å². The summed E-state index contributed by atoms with van der Waals surface area (Å²) in [6.45, 7) is 4.84. The van der Waals surface area contributed by atoms with Gasteiger partial charge in [-0.1, -0.05) is 6.92 Å². The standard InChI is InChI=1S/C10H22NO.HI/c1-9(10(2)12)7-6-8-11(3,4)5;/h9H,6-8H2,1-5H3;1H/q+1;/p-1. The lowest BCUT2D eigenvalue weighted by atomic mass is 10.0. The van der Waals surface area contributed by atoms with Crippen molar-refractivity contribution in [1.29, 1.82) is 0 Å². The first-order chi connectivity index (χ1) is 5.33. The van der Waals surface area contributed by atoms with Crippen LogP contribution < -0.4 is 24.0 Å². The van der Waals surface area contributed by atoms with Gasteiger partial charge in [0.05, 0.1) is 27.7 Å². The van der Waals surface area contributed by atoms with E-state index < -0.39 is 0 Å². The quantitative estimate of drug-likeness (QED) is 0.456. The van der Waals surface area contributed by atoms with Crippen LogP contribution in [0.2, 0.25) is 0 Å². The number of ketones is 1. The highest BCUT2D eigenvalue weighted by Crippen LogP contribution is 2.08. The number of carbonyl (C=O) groups is 1. The Bertz CT molecular complexity index is 151. The normalized spacial score (nSPS) is 13.3. The van der Waals surface area contributed by atoms with Crippen molar-refractivity contribution in [2.24, 2.45) is 5.92 Å². The molecule has 13 heavy (non-hydrogen) atoms. The summed E-state index contributed by atoms with van der Waals surface area (Å²) in [5.74, 6) is 0.563. The van der Waals surface area contributed by atoms with Crippen LogP contribution in [0.5, 0.6) is 0 Å². The first-order valence-electron chi connectivity index (χ1n) is 4.64. The van der Waals surface area contributed by atoms with E-state index in [0.717, 1.165) is 23.9 Å². The van der Waals surface area contributed by atoms with Gasteiger partial charge in [0.15, 0.2) is 0 Å². The predicted octanol–water partition coefficient (Wildman–Crippen LogP) is -1.30. The van der Waals surface area contributed by atoms with Crippen LogP contribution in [0, 0.1) is 5.92 Å². The molecule has 0 aliphatic carbocycles. The van der Waals surface area contributed by atoms with E-state index in [4.69, 9.17) is 0 Å². The molecule has 0 N–H and O–H groups in total. The van der Waals surface area contributed by atoms with Crippen LogP contribution in [-0.2, 0) is 4.79 Å². The van der Waals surface area contributed by atoms with Crippen molar-refractivity contribution >= 4 is 5.78 Å². The van der Waals surface area contributed by atoms with Gasteiger partial charge in [-0.05, 0) is 19.8 Å². The van der Waals surface area contributed by atoms with E-state index in [0.29, 0.717) is 5.78 Å². The zero-order chi connectivity index (χ0) is 9.78. The Kier molecular flexibility index (Phi) is 8.23. The number of hydrogen-bond donors (Lipinski definition) is 0. The van der Waals surface area contributed by atoms with Crippen LogP contribution in [0.3, 0.4) is 0 Å². The topological polar surface area (TPSA) is 17.1 Å². The summed E-state index contributed by atoms with van der Waals surface area (Å²) < 4.78 is 0.991. The highest BCUT2D eigenvalue weighted by molar-refractivity contribution is 5.77. The molecule has 1 atom stereocenters. The Morgan fingerprint density at radius 3 is 2.08 bits per heavy atom. The molecule has 0 rings (SSSR count). The molecule has 0 aromatic heterocycles. The monoisotopic (exact) mass is 299 g/mol. The highest BCUT2D eigenvalue weighted by Gasteiger charge is 2.10. The van der Waals surface area contributed by atoms with Gasteiger partial charge in [0, 0.05) is 5.92 Å². The summed E-state index contributed by atoms with van der Waals surface area (Å²) in [4.78, 5) is 10.9. The van der Waals surface area contributed by atoms with E-state index in [1.165, 1.54) is 0 Å². The van der Waals surface area contributed by atoms with E-state index >= 15 is 0 Å². The molecular weight excluding hydrogens is 277 g/mol. The lowest BCUT2D eigenvalue weighted by Gasteiger charge is -2.24. The number of carbonyl (C=O) groups excluding carboxylic acids is 1. The van der Waals surface area contributed by atoms with Gasteiger partial charge in [-0.3, -0.25) is 4.79 Å². The Hall–Kier alpha value is 0.360. The first kappa shape index (κ1) is 15.8. The second-order valence-electron chi connectivity index (χ2n) is 4.67. The molecule has 3 heteroatoms. The third-order valence-corrected chi connectivity index (χ3v) is 2.16. The Balaban J connectivity index is 0. The third-order valence-electron chi connectivity index (χ3n) is 2.16. The summed E-state index contributed by atoms with van der Waals surface area (Å²) >= 11 is 0. The second kappa shape index (κ2) is 6.76. The maximum absolute atomic E-state index is 10.9. The van der Waals surface area contributed by atoms with Crippen LogP contribution in [0.1, 0.15) is 26.7 Å². The van der Waals surface area contributed by atoms with E-state index in [1.54, 1.807) is 6.92 Å². The van der Waals surface area contributed by atoms with Gasteiger partial charge in [-0.2, -0.15) is 0 Å². The minimum atomic E-state index is 0. The van der Waals surface area contributed by atoms with Gasteiger partial charge in [0.1, 0.15) is 5.78 Å². The van der Waals surface area contributed by atoms with E-state index in [9.17, 15) is 4.79 Å². The molecule has 0 aliphatic rings. The van der Waals surface area contributed by atoms with E-state index in [1.807, 2.05) is 6.92 Å². The average molecular weight is 299 g/mol. The third kappa shape index (κ3) is 10.3. The number of halogens is 1. The van der Waals surface area contributed by atoms with Gasteiger partial charge in [0.25, 0.3) is 0 Å².